The monoisotopic (exact) mass is 173 g/mol. The molecule has 11 heavy (non-hydrogen) atoms. The van der Waals surface area contributed by atoms with E-state index in [-0.39, 0.29) is 11.0 Å². The molecule has 1 unspecified atom stereocenters. The summed E-state index contributed by atoms with van der Waals surface area (Å²) in [5, 5.41) is 0.0752. The summed E-state index contributed by atoms with van der Waals surface area (Å²) in [5.41, 5.74) is 0. The lowest BCUT2D eigenvalue weighted by Crippen LogP contribution is -2.11. The Hall–Kier alpha value is -0.440. The second-order valence-corrected chi connectivity index (χ2v) is 3.74. The van der Waals surface area contributed by atoms with Crippen molar-refractivity contribution in [3.63, 3.8) is 0 Å². The predicted molar refractivity (Wildman–Crippen MR) is 50.8 cm³/mol. The Morgan fingerprint density at radius 2 is 2.09 bits per heavy atom. The van der Waals surface area contributed by atoms with E-state index in [0.717, 1.165) is 0 Å². The predicted octanol–water partition coefficient (Wildman–Crippen LogP) is 1.38. The van der Waals surface area contributed by atoms with Crippen molar-refractivity contribution in [2.24, 2.45) is 0 Å². The highest BCUT2D eigenvalue weighted by molar-refractivity contribution is 7.99. The molecule has 0 aliphatic rings. The van der Waals surface area contributed by atoms with Crippen LogP contribution in [0.5, 0.6) is 0 Å². The summed E-state index contributed by atoms with van der Waals surface area (Å²) in [5.74, 6) is 0.172. The quantitative estimate of drug-likeness (QED) is 0.599. The molecule has 64 valence electrons. The number of hydrogen-bond donors (Lipinski definition) is 0. The van der Waals surface area contributed by atoms with Gasteiger partial charge in [-0.05, 0) is 19.3 Å². The van der Waals surface area contributed by atoms with Gasteiger partial charge in [-0.25, -0.2) is 0 Å². The van der Waals surface area contributed by atoms with Crippen LogP contribution in [0, 0.1) is 0 Å². The van der Waals surface area contributed by atoms with Crippen molar-refractivity contribution in [3.05, 3.63) is 12.3 Å². The van der Waals surface area contributed by atoms with Gasteiger partial charge in [-0.3, -0.25) is 4.79 Å². The molecule has 0 aromatic rings. The average Bonchev–Trinajstić information content (AvgIpc) is 1.98. The molecule has 0 fully saturated rings. The van der Waals surface area contributed by atoms with E-state index in [0.29, 0.717) is 0 Å². The summed E-state index contributed by atoms with van der Waals surface area (Å²) in [7, 11) is 3.79. The molecule has 0 spiro atoms. The Balaban J connectivity index is 3.86. The molecule has 0 N–H and O–H groups in total. The van der Waals surface area contributed by atoms with Gasteiger partial charge in [0.1, 0.15) is 0 Å². The van der Waals surface area contributed by atoms with Crippen LogP contribution < -0.4 is 0 Å². The number of carbonyl (C=O) groups excluding carboxylic acids is 1. The van der Waals surface area contributed by atoms with Crippen molar-refractivity contribution >= 4 is 17.5 Å². The van der Waals surface area contributed by atoms with Gasteiger partial charge in [-0.15, -0.1) is 0 Å². The Labute approximate surface area is 72.6 Å². The molecule has 0 aromatic carbocycles. The third-order valence-corrected chi connectivity index (χ3v) is 2.23. The van der Waals surface area contributed by atoms with E-state index < -0.39 is 0 Å². The molecule has 0 aliphatic heterocycles. The lowest BCUT2D eigenvalue weighted by Gasteiger charge is -2.05. The van der Waals surface area contributed by atoms with Crippen LogP contribution in [0.25, 0.3) is 0 Å². The summed E-state index contributed by atoms with van der Waals surface area (Å²) in [6.45, 7) is 1.91. The molecule has 0 aliphatic carbocycles. The molecule has 0 heterocycles. The van der Waals surface area contributed by atoms with E-state index in [1.807, 2.05) is 32.2 Å². The first-order valence-electron chi connectivity index (χ1n) is 3.49. The molecule has 0 bridgehead atoms. The maximum Gasteiger partial charge on any atom is 0.169 e. The van der Waals surface area contributed by atoms with Crippen molar-refractivity contribution < 1.29 is 4.79 Å². The van der Waals surface area contributed by atoms with Crippen molar-refractivity contribution in [1.82, 2.24) is 4.90 Å². The summed E-state index contributed by atoms with van der Waals surface area (Å²) >= 11 is 1.57. The van der Waals surface area contributed by atoms with E-state index in [1.54, 1.807) is 24.0 Å². The van der Waals surface area contributed by atoms with Crippen LogP contribution in [0.3, 0.4) is 0 Å². The number of allylic oxidation sites excluding steroid dienone is 1. The van der Waals surface area contributed by atoms with Crippen LogP contribution in [0.4, 0.5) is 0 Å². The Morgan fingerprint density at radius 1 is 1.55 bits per heavy atom. The van der Waals surface area contributed by atoms with E-state index in [4.69, 9.17) is 0 Å². The third kappa shape index (κ3) is 4.90. The van der Waals surface area contributed by atoms with Crippen LogP contribution in [-0.2, 0) is 4.79 Å². The molecule has 0 saturated heterocycles. The second kappa shape index (κ2) is 5.24. The minimum Gasteiger partial charge on any atom is -0.383 e. The number of rotatable bonds is 4. The molecule has 3 heteroatoms. The zero-order chi connectivity index (χ0) is 8.85. The number of carbonyl (C=O) groups is 1. The molecule has 2 nitrogen and oxygen atoms in total. The van der Waals surface area contributed by atoms with Crippen LogP contribution in [0.15, 0.2) is 12.3 Å². The van der Waals surface area contributed by atoms with Gasteiger partial charge in [0.2, 0.25) is 0 Å². The fourth-order valence-corrected chi connectivity index (χ4v) is 0.785. The molecule has 0 aromatic heterocycles. The first-order chi connectivity index (χ1) is 5.07. The number of thioether (sulfide) groups is 1. The van der Waals surface area contributed by atoms with Gasteiger partial charge in [0, 0.05) is 20.3 Å². The number of nitrogens with zero attached hydrogens (tertiary/aromatic N) is 1. The first-order valence-corrected chi connectivity index (χ1v) is 4.78. The van der Waals surface area contributed by atoms with Gasteiger partial charge in [0.05, 0.1) is 5.25 Å². The largest absolute Gasteiger partial charge is 0.383 e. The maximum atomic E-state index is 11.1. The molecular weight excluding hydrogens is 158 g/mol. The first kappa shape index (κ1) is 10.6. The van der Waals surface area contributed by atoms with Crippen LogP contribution in [0.1, 0.15) is 6.92 Å². The topological polar surface area (TPSA) is 20.3 Å². The summed E-state index contributed by atoms with van der Waals surface area (Å²) in [6, 6.07) is 0. The minimum atomic E-state index is 0.0752. The highest BCUT2D eigenvalue weighted by atomic mass is 32.2. The highest BCUT2D eigenvalue weighted by Crippen LogP contribution is 2.06. The molecule has 0 rings (SSSR count). The fourth-order valence-electron chi connectivity index (χ4n) is 0.474. The summed E-state index contributed by atoms with van der Waals surface area (Å²) in [6.07, 6.45) is 5.32. The normalized spacial score (nSPS) is 13.5. The van der Waals surface area contributed by atoms with Gasteiger partial charge in [-0.1, -0.05) is 0 Å². The number of ketones is 1. The van der Waals surface area contributed by atoms with Crippen LogP contribution in [0.2, 0.25) is 0 Å². The fraction of sp³-hybridized carbons (Fsp3) is 0.625. The van der Waals surface area contributed by atoms with Crippen LogP contribution in [-0.4, -0.2) is 36.3 Å². The molecule has 0 amide bonds. The molecule has 1 atom stereocenters. The zero-order valence-electron chi connectivity index (χ0n) is 7.50. The van der Waals surface area contributed by atoms with Gasteiger partial charge in [-0.2, -0.15) is 11.8 Å². The SMILES string of the molecule is CSC(C)C(=O)/C=C/N(C)C. The second-order valence-electron chi connectivity index (χ2n) is 2.56. The van der Waals surface area contributed by atoms with Crippen molar-refractivity contribution in [2.75, 3.05) is 20.4 Å². The maximum absolute atomic E-state index is 11.1. The third-order valence-electron chi connectivity index (χ3n) is 1.29. The van der Waals surface area contributed by atoms with E-state index in [2.05, 4.69) is 0 Å². The van der Waals surface area contributed by atoms with Crippen molar-refractivity contribution in [2.45, 2.75) is 12.2 Å². The molecular formula is C8H15NOS. The Kier molecular flexibility index (Phi) is 5.03. The summed E-state index contributed by atoms with van der Waals surface area (Å²) < 4.78 is 0. The van der Waals surface area contributed by atoms with E-state index >= 15 is 0 Å². The Bertz CT molecular complexity index is 154. The van der Waals surface area contributed by atoms with Crippen molar-refractivity contribution in [3.8, 4) is 0 Å². The van der Waals surface area contributed by atoms with Crippen molar-refractivity contribution in [1.29, 1.82) is 0 Å². The lowest BCUT2D eigenvalue weighted by molar-refractivity contribution is -0.113. The summed E-state index contributed by atoms with van der Waals surface area (Å²) in [4.78, 5) is 13.0. The van der Waals surface area contributed by atoms with Crippen LogP contribution >= 0.6 is 11.8 Å². The lowest BCUT2D eigenvalue weighted by atomic mass is 10.3. The Morgan fingerprint density at radius 3 is 2.45 bits per heavy atom. The van der Waals surface area contributed by atoms with Gasteiger partial charge < -0.3 is 4.90 Å². The van der Waals surface area contributed by atoms with Gasteiger partial charge in [0.25, 0.3) is 0 Å². The smallest absolute Gasteiger partial charge is 0.169 e. The van der Waals surface area contributed by atoms with E-state index in [1.165, 1.54) is 0 Å². The van der Waals surface area contributed by atoms with Gasteiger partial charge >= 0.3 is 0 Å². The standard InChI is InChI=1S/C8H15NOS/c1-7(11-4)8(10)5-6-9(2)3/h5-7H,1-4H3/b6-5+. The molecule has 0 saturated carbocycles. The van der Waals surface area contributed by atoms with Gasteiger partial charge in [0.15, 0.2) is 5.78 Å². The zero-order valence-corrected chi connectivity index (χ0v) is 8.31. The highest BCUT2D eigenvalue weighted by Gasteiger charge is 2.06. The minimum absolute atomic E-state index is 0.0752. The molecule has 0 radical (unpaired) electrons. The van der Waals surface area contributed by atoms with E-state index in [9.17, 15) is 4.79 Å². The average molecular weight is 173 g/mol. The number of hydrogen-bond acceptors (Lipinski definition) is 3.